The van der Waals surface area contributed by atoms with E-state index in [9.17, 15) is 19.7 Å². The molecule has 0 unspecified atom stereocenters. The minimum Gasteiger partial charge on any atom is -0.482 e. The lowest BCUT2D eigenvalue weighted by molar-refractivity contribution is -0.384. The first kappa shape index (κ1) is 17.9. The number of anilines is 1. The number of carbonyl (C=O) groups excluding carboxylic acids is 2. The number of ether oxygens (including phenoxy) is 1. The number of nitrogens with one attached hydrogen (secondary N) is 1. The Kier molecular flexibility index (Phi) is 4.62. The van der Waals surface area contributed by atoms with Gasteiger partial charge in [0.1, 0.15) is 17.3 Å². The third-order valence-electron chi connectivity index (χ3n) is 4.17. The van der Waals surface area contributed by atoms with Crippen LogP contribution in [0.1, 0.15) is 5.01 Å². The van der Waals surface area contributed by atoms with Gasteiger partial charge in [-0.15, -0.1) is 11.3 Å². The molecule has 28 heavy (non-hydrogen) atoms. The number of nitro groups is 1. The quantitative estimate of drug-likeness (QED) is 0.521. The second-order valence-corrected chi connectivity index (χ2v) is 7.14. The molecule has 0 aliphatic carbocycles. The average molecular weight is 398 g/mol. The van der Waals surface area contributed by atoms with Gasteiger partial charge >= 0.3 is 0 Å². The molecule has 3 aromatic rings. The lowest BCUT2D eigenvalue weighted by Gasteiger charge is -2.28. The number of hydrogen-bond donors (Lipinski definition) is 1. The van der Waals surface area contributed by atoms with Crippen molar-refractivity contribution >= 4 is 44.7 Å². The van der Waals surface area contributed by atoms with Gasteiger partial charge in [0.2, 0.25) is 5.91 Å². The largest absolute Gasteiger partial charge is 0.482 e. The van der Waals surface area contributed by atoms with Crippen LogP contribution in [0.2, 0.25) is 0 Å². The fraction of sp³-hybridized carbons (Fsp3) is 0.167. The summed E-state index contributed by atoms with van der Waals surface area (Å²) < 4.78 is 6.32. The zero-order chi connectivity index (χ0) is 19.7. The molecule has 0 bridgehead atoms. The highest BCUT2D eigenvalue weighted by Gasteiger charge is 2.29. The van der Waals surface area contributed by atoms with E-state index in [1.165, 1.54) is 34.4 Å². The highest BCUT2D eigenvalue weighted by molar-refractivity contribution is 7.18. The Bertz CT molecular complexity index is 1060. The monoisotopic (exact) mass is 398 g/mol. The van der Waals surface area contributed by atoms with E-state index in [2.05, 4.69) is 10.3 Å². The normalized spacial score (nSPS) is 13.1. The maximum atomic E-state index is 12.4. The summed E-state index contributed by atoms with van der Waals surface area (Å²) in [7, 11) is 0. The van der Waals surface area contributed by atoms with Gasteiger partial charge in [-0.2, -0.15) is 0 Å². The first-order chi connectivity index (χ1) is 13.5. The van der Waals surface area contributed by atoms with Gasteiger partial charge in [-0.05, 0) is 18.2 Å². The first-order valence-corrected chi connectivity index (χ1v) is 9.15. The van der Waals surface area contributed by atoms with Crippen LogP contribution < -0.4 is 15.0 Å². The fourth-order valence-corrected chi connectivity index (χ4v) is 3.75. The van der Waals surface area contributed by atoms with Crippen molar-refractivity contribution in [3.8, 4) is 5.75 Å². The van der Waals surface area contributed by atoms with Gasteiger partial charge in [-0.1, -0.05) is 12.1 Å². The van der Waals surface area contributed by atoms with Crippen molar-refractivity contribution in [3.63, 3.8) is 0 Å². The number of para-hydroxylation sites is 1. The molecule has 2 amide bonds. The van der Waals surface area contributed by atoms with E-state index < -0.39 is 16.7 Å². The lowest BCUT2D eigenvalue weighted by atomic mass is 10.2. The molecule has 1 aliphatic rings. The first-order valence-electron chi connectivity index (χ1n) is 8.34. The molecule has 1 aromatic heterocycles. The summed E-state index contributed by atoms with van der Waals surface area (Å²) in [4.78, 5) is 40.7. The average Bonchev–Trinajstić information content (AvgIpc) is 3.11. The maximum absolute atomic E-state index is 12.4. The van der Waals surface area contributed by atoms with Gasteiger partial charge in [0.15, 0.2) is 6.61 Å². The topological polar surface area (TPSA) is 115 Å². The van der Waals surface area contributed by atoms with E-state index in [1.54, 1.807) is 0 Å². The van der Waals surface area contributed by atoms with E-state index in [1.807, 2.05) is 24.3 Å². The minimum absolute atomic E-state index is 0.183. The predicted octanol–water partition coefficient (Wildman–Crippen LogP) is 2.25. The predicted molar refractivity (Wildman–Crippen MR) is 102 cm³/mol. The molecule has 9 nitrogen and oxygen atoms in total. The Morgan fingerprint density at radius 3 is 2.93 bits per heavy atom. The smallest absolute Gasteiger partial charge is 0.271 e. The van der Waals surface area contributed by atoms with E-state index >= 15 is 0 Å². The molecule has 2 heterocycles. The maximum Gasteiger partial charge on any atom is 0.271 e. The number of amides is 2. The van der Waals surface area contributed by atoms with Crippen LogP contribution in [0.4, 0.5) is 11.4 Å². The van der Waals surface area contributed by atoms with Gasteiger partial charge < -0.3 is 10.1 Å². The van der Waals surface area contributed by atoms with E-state index in [0.717, 1.165) is 15.2 Å². The molecule has 142 valence electrons. The minimum atomic E-state index is -0.565. The molecular weight excluding hydrogens is 384 g/mol. The van der Waals surface area contributed by atoms with Crippen molar-refractivity contribution in [2.24, 2.45) is 0 Å². The summed E-state index contributed by atoms with van der Waals surface area (Å²) >= 11 is 1.48. The van der Waals surface area contributed by atoms with Crippen LogP contribution >= 0.6 is 11.3 Å². The van der Waals surface area contributed by atoms with Crippen LogP contribution in [0.3, 0.4) is 0 Å². The van der Waals surface area contributed by atoms with Gasteiger partial charge in [0, 0.05) is 12.1 Å². The van der Waals surface area contributed by atoms with Crippen LogP contribution in [0, 0.1) is 10.1 Å². The number of carbonyl (C=O) groups is 2. The number of rotatable bonds is 5. The summed E-state index contributed by atoms with van der Waals surface area (Å²) in [5.74, 6) is -0.515. The summed E-state index contributed by atoms with van der Waals surface area (Å²) in [6.07, 6.45) is 0. The van der Waals surface area contributed by atoms with Crippen LogP contribution in [0.15, 0.2) is 42.5 Å². The molecule has 1 aliphatic heterocycles. The SMILES string of the molecule is O=C(CN1C(=O)COc2ccc([N+](=O)[O-])cc21)NCc1nc2ccccc2s1. The van der Waals surface area contributed by atoms with Crippen LogP contribution in [0.5, 0.6) is 5.75 Å². The van der Waals surface area contributed by atoms with Crippen molar-refractivity contribution in [2.45, 2.75) is 6.54 Å². The third-order valence-corrected chi connectivity index (χ3v) is 5.21. The van der Waals surface area contributed by atoms with Crippen LogP contribution in [-0.2, 0) is 16.1 Å². The lowest BCUT2D eigenvalue weighted by Crippen LogP contribution is -2.45. The van der Waals surface area contributed by atoms with Crippen molar-refractivity contribution in [2.75, 3.05) is 18.1 Å². The van der Waals surface area contributed by atoms with Crippen LogP contribution in [0.25, 0.3) is 10.2 Å². The fourth-order valence-electron chi connectivity index (χ4n) is 2.85. The second-order valence-electron chi connectivity index (χ2n) is 6.03. The Hall–Kier alpha value is -3.53. The molecule has 0 spiro atoms. The molecule has 0 saturated carbocycles. The number of nitrogens with zero attached hydrogens (tertiary/aromatic N) is 3. The molecule has 0 radical (unpaired) electrons. The molecule has 0 saturated heterocycles. The van der Waals surface area contributed by atoms with Crippen molar-refractivity contribution in [3.05, 3.63) is 57.6 Å². The molecule has 4 rings (SSSR count). The Labute approximate surface area is 162 Å². The molecule has 0 atom stereocenters. The standard InChI is InChI=1S/C18H14N4O5S/c23-16(19-8-17-20-12-3-1-2-4-15(12)28-17)9-21-13-7-11(22(25)26)5-6-14(13)27-10-18(21)24/h1-7H,8-10H2,(H,19,23). The Morgan fingerprint density at radius 1 is 1.32 bits per heavy atom. The van der Waals surface area contributed by atoms with Gasteiger partial charge in [0.05, 0.1) is 27.4 Å². The van der Waals surface area contributed by atoms with Crippen molar-refractivity contribution in [1.29, 1.82) is 0 Å². The summed E-state index contributed by atoms with van der Waals surface area (Å²) in [6.45, 7) is -0.254. The molecule has 0 fully saturated rings. The van der Waals surface area contributed by atoms with E-state index in [4.69, 9.17) is 4.74 Å². The van der Waals surface area contributed by atoms with Gasteiger partial charge in [-0.25, -0.2) is 4.98 Å². The highest BCUT2D eigenvalue weighted by atomic mass is 32.1. The zero-order valence-electron chi connectivity index (χ0n) is 14.5. The van der Waals surface area contributed by atoms with Crippen molar-refractivity contribution < 1.29 is 19.2 Å². The Morgan fingerprint density at radius 2 is 2.14 bits per heavy atom. The number of non-ortho nitro benzene ring substituents is 1. The number of nitro benzene ring substituents is 1. The molecular formula is C18H14N4O5S. The molecule has 1 N–H and O–H groups in total. The number of thiazole rings is 1. The second kappa shape index (κ2) is 7.24. The number of benzene rings is 2. The number of aromatic nitrogens is 1. The zero-order valence-corrected chi connectivity index (χ0v) is 15.3. The molecule has 10 heteroatoms. The van der Waals surface area contributed by atoms with Crippen LogP contribution in [-0.4, -0.2) is 34.9 Å². The Balaban J connectivity index is 1.47. The summed E-state index contributed by atoms with van der Waals surface area (Å²) in [5.41, 5.74) is 0.888. The highest BCUT2D eigenvalue weighted by Crippen LogP contribution is 2.35. The van der Waals surface area contributed by atoms with Gasteiger partial charge in [-0.3, -0.25) is 24.6 Å². The summed E-state index contributed by atoms with van der Waals surface area (Å²) in [6, 6.07) is 11.6. The van der Waals surface area contributed by atoms with Gasteiger partial charge in [0.25, 0.3) is 11.6 Å². The third kappa shape index (κ3) is 3.49. The molecule has 2 aromatic carbocycles. The van der Waals surface area contributed by atoms with E-state index in [0.29, 0.717) is 5.75 Å². The number of fused-ring (bicyclic) bond motifs is 2. The summed E-state index contributed by atoms with van der Waals surface area (Å²) in [5, 5.41) is 14.5. The van der Waals surface area contributed by atoms with E-state index in [-0.39, 0.29) is 31.1 Å². The van der Waals surface area contributed by atoms with Crippen molar-refractivity contribution in [1.82, 2.24) is 10.3 Å². The number of hydrogen-bond acceptors (Lipinski definition) is 7.